The van der Waals surface area contributed by atoms with Gasteiger partial charge in [0.15, 0.2) is 0 Å². The zero-order valence-corrected chi connectivity index (χ0v) is 12.0. The third-order valence-electron chi connectivity index (χ3n) is 3.82. The number of hydrogen-bond donors (Lipinski definition) is 0. The first kappa shape index (κ1) is 13.9. The zero-order chi connectivity index (χ0) is 14.0. The maximum atomic E-state index is 12.3. The van der Waals surface area contributed by atoms with Crippen molar-refractivity contribution >= 4 is 5.97 Å². The SMILES string of the molecule is C=CCC1(C(=O)Oc2cc(C)ccc2C(C)C)CC1. The zero-order valence-electron chi connectivity index (χ0n) is 12.0. The van der Waals surface area contributed by atoms with Crippen molar-refractivity contribution in [2.75, 3.05) is 0 Å². The molecule has 0 spiro atoms. The van der Waals surface area contributed by atoms with E-state index in [1.54, 1.807) is 0 Å². The van der Waals surface area contributed by atoms with Crippen molar-refractivity contribution in [3.05, 3.63) is 42.0 Å². The highest BCUT2D eigenvalue weighted by molar-refractivity contribution is 5.82. The van der Waals surface area contributed by atoms with E-state index < -0.39 is 0 Å². The van der Waals surface area contributed by atoms with Gasteiger partial charge in [0.05, 0.1) is 5.41 Å². The highest BCUT2D eigenvalue weighted by Crippen LogP contribution is 2.50. The van der Waals surface area contributed by atoms with Gasteiger partial charge in [-0.05, 0) is 49.3 Å². The van der Waals surface area contributed by atoms with Gasteiger partial charge in [0.1, 0.15) is 5.75 Å². The number of hydrogen-bond acceptors (Lipinski definition) is 2. The number of ether oxygens (including phenoxy) is 1. The molecule has 0 aromatic heterocycles. The maximum Gasteiger partial charge on any atom is 0.317 e. The number of carbonyl (C=O) groups excluding carboxylic acids is 1. The minimum atomic E-state index is -0.292. The van der Waals surface area contributed by atoms with Gasteiger partial charge in [-0.1, -0.05) is 32.1 Å². The van der Waals surface area contributed by atoms with Crippen molar-refractivity contribution in [1.29, 1.82) is 0 Å². The van der Waals surface area contributed by atoms with Gasteiger partial charge in [-0.3, -0.25) is 4.79 Å². The second-order valence-electron chi connectivity index (χ2n) is 5.86. The van der Waals surface area contributed by atoms with E-state index in [0.717, 1.165) is 29.7 Å². The monoisotopic (exact) mass is 258 g/mol. The number of carbonyl (C=O) groups is 1. The summed E-state index contributed by atoms with van der Waals surface area (Å²) in [5.41, 5.74) is 1.91. The Hall–Kier alpha value is -1.57. The molecule has 1 saturated carbocycles. The number of esters is 1. The molecule has 1 aliphatic rings. The lowest BCUT2D eigenvalue weighted by Crippen LogP contribution is -2.22. The van der Waals surface area contributed by atoms with Crippen LogP contribution in [0, 0.1) is 12.3 Å². The first-order chi connectivity index (χ1) is 8.98. The molecule has 1 fully saturated rings. The van der Waals surface area contributed by atoms with Crippen LogP contribution in [0.5, 0.6) is 5.75 Å². The Morgan fingerprint density at radius 2 is 2.16 bits per heavy atom. The van der Waals surface area contributed by atoms with E-state index in [1.807, 2.05) is 19.1 Å². The van der Waals surface area contributed by atoms with Crippen LogP contribution in [0.15, 0.2) is 30.9 Å². The molecule has 0 bridgehead atoms. The summed E-state index contributed by atoms with van der Waals surface area (Å²) in [5, 5.41) is 0. The lowest BCUT2D eigenvalue weighted by Gasteiger charge is -2.17. The van der Waals surface area contributed by atoms with Crippen molar-refractivity contribution < 1.29 is 9.53 Å². The third kappa shape index (κ3) is 2.89. The molecule has 2 rings (SSSR count). The van der Waals surface area contributed by atoms with Crippen LogP contribution in [0.4, 0.5) is 0 Å². The molecule has 2 nitrogen and oxygen atoms in total. The third-order valence-corrected chi connectivity index (χ3v) is 3.82. The normalized spacial score (nSPS) is 16.2. The largest absolute Gasteiger partial charge is 0.426 e. The van der Waals surface area contributed by atoms with Crippen molar-refractivity contribution in [3.63, 3.8) is 0 Å². The van der Waals surface area contributed by atoms with E-state index in [4.69, 9.17) is 4.74 Å². The number of rotatable bonds is 5. The van der Waals surface area contributed by atoms with Crippen molar-refractivity contribution in [1.82, 2.24) is 0 Å². The van der Waals surface area contributed by atoms with Crippen LogP contribution in [-0.4, -0.2) is 5.97 Å². The molecule has 0 unspecified atom stereocenters. The molecule has 0 radical (unpaired) electrons. The Kier molecular flexibility index (Phi) is 3.79. The van der Waals surface area contributed by atoms with Gasteiger partial charge in [0, 0.05) is 0 Å². The van der Waals surface area contributed by atoms with E-state index in [2.05, 4.69) is 32.6 Å². The predicted octanol–water partition coefficient (Wildman–Crippen LogP) is 4.38. The highest BCUT2D eigenvalue weighted by Gasteiger charge is 2.50. The van der Waals surface area contributed by atoms with E-state index >= 15 is 0 Å². The predicted molar refractivity (Wildman–Crippen MR) is 77.4 cm³/mol. The van der Waals surface area contributed by atoms with Crippen LogP contribution in [0.1, 0.15) is 50.2 Å². The summed E-state index contributed by atoms with van der Waals surface area (Å²) in [4.78, 5) is 12.3. The molecular weight excluding hydrogens is 236 g/mol. The average Bonchev–Trinajstić information content (AvgIpc) is 3.10. The maximum absolute atomic E-state index is 12.3. The number of benzene rings is 1. The van der Waals surface area contributed by atoms with Gasteiger partial charge in [-0.25, -0.2) is 0 Å². The Morgan fingerprint density at radius 3 is 2.68 bits per heavy atom. The average molecular weight is 258 g/mol. The van der Waals surface area contributed by atoms with Crippen LogP contribution in [0.2, 0.25) is 0 Å². The summed E-state index contributed by atoms with van der Waals surface area (Å²) in [6, 6.07) is 6.07. The summed E-state index contributed by atoms with van der Waals surface area (Å²) in [6.07, 6.45) is 4.36. The Balaban J connectivity index is 2.21. The van der Waals surface area contributed by atoms with Crippen LogP contribution in [0.25, 0.3) is 0 Å². The topological polar surface area (TPSA) is 26.3 Å². The molecule has 0 heterocycles. The van der Waals surface area contributed by atoms with Crippen molar-refractivity contribution in [2.24, 2.45) is 5.41 Å². The van der Waals surface area contributed by atoms with Gasteiger partial charge >= 0.3 is 5.97 Å². The highest BCUT2D eigenvalue weighted by atomic mass is 16.5. The van der Waals surface area contributed by atoms with Crippen LogP contribution < -0.4 is 4.74 Å². The van der Waals surface area contributed by atoms with Crippen molar-refractivity contribution in [3.8, 4) is 5.75 Å². The molecule has 0 aliphatic heterocycles. The Morgan fingerprint density at radius 1 is 1.47 bits per heavy atom. The van der Waals surface area contributed by atoms with Gasteiger partial charge in [-0.15, -0.1) is 6.58 Å². The summed E-state index contributed by atoms with van der Waals surface area (Å²) >= 11 is 0. The van der Waals surface area contributed by atoms with E-state index in [-0.39, 0.29) is 11.4 Å². The summed E-state index contributed by atoms with van der Waals surface area (Å²) in [5.74, 6) is 0.966. The van der Waals surface area contributed by atoms with Crippen LogP contribution in [-0.2, 0) is 4.79 Å². The summed E-state index contributed by atoms with van der Waals surface area (Å²) in [6.45, 7) is 9.96. The second-order valence-corrected chi connectivity index (χ2v) is 5.86. The van der Waals surface area contributed by atoms with Gasteiger partial charge in [-0.2, -0.15) is 0 Å². The standard InChI is InChI=1S/C17H22O2/c1-5-8-17(9-10-17)16(18)19-15-11-13(4)6-7-14(15)12(2)3/h5-7,11-12H,1,8-10H2,2-4H3. The van der Waals surface area contributed by atoms with Gasteiger partial charge in [0.25, 0.3) is 0 Å². The molecule has 0 amide bonds. The molecule has 2 heteroatoms. The molecule has 0 saturated heterocycles. The molecule has 0 N–H and O–H groups in total. The quantitative estimate of drug-likeness (QED) is 0.445. The van der Waals surface area contributed by atoms with E-state index in [0.29, 0.717) is 12.3 Å². The molecule has 1 aliphatic carbocycles. The molecule has 1 aromatic rings. The fourth-order valence-corrected chi connectivity index (χ4v) is 2.33. The molecule has 0 atom stereocenters. The first-order valence-electron chi connectivity index (χ1n) is 6.92. The molecular formula is C17H22O2. The second kappa shape index (κ2) is 5.20. The lowest BCUT2D eigenvalue weighted by molar-refractivity contribution is -0.140. The molecule has 102 valence electrons. The van der Waals surface area contributed by atoms with E-state index in [9.17, 15) is 4.79 Å². The number of allylic oxidation sites excluding steroid dienone is 1. The minimum absolute atomic E-state index is 0.0973. The fraction of sp³-hybridized carbons (Fsp3) is 0.471. The summed E-state index contributed by atoms with van der Waals surface area (Å²) in [7, 11) is 0. The fourth-order valence-electron chi connectivity index (χ4n) is 2.33. The molecule has 19 heavy (non-hydrogen) atoms. The van der Waals surface area contributed by atoms with Crippen molar-refractivity contribution in [2.45, 2.75) is 46.0 Å². The summed E-state index contributed by atoms with van der Waals surface area (Å²) < 4.78 is 5.68. The number of aryl methyl sites for hydroxylation is 1. The van der Waals surface area contributed by atoms with E-state index in [1.165, 1.54) is 0 Å². The van der Waals surface area contributed by atoms with Crippen LogP contribution >= 0.6 is 0 Å². The first-order valence-corrected chi connectivity index (χ1v) is 6.92. The van der Waals surface area contributed by atoms with Gasteiger partial charge < -0.3 is 4.74 Å². The van der Waals surface area contributed by atoms with Crippen LogP contribution in [0.3, 0.4) is 0 Å². The lowest BCUT2D eigenvalue weighted by atomic mass is 10.00. The Bertz CT molecular complexity index is 496. The van der Waals surface area contributed by atoms with Gasteiger partial charge in [0.2, 0.25) is 0 Å². The molecule has 1 aromatic carbocycles. The smallest absolute Gasteiger partial charge is 0.317 e. The Labute approximate surface area is 115 Å². The minimum Gasteiger partial charge on any atom is -0.426 e.